The summed E-state index contributed by atoms with van der Waals surface area (Å²) in [5.74, 6) is -0.837. The zero-order valence-corrected chi connectivity index (χ0v) is 24.4. The lowest BCUT2D eigenvalue weighted by atomic mass is 9.56. The third-order valence-corrected chi connectivity index (χ3v) is 10.5. The average molecular weight is 614 g/mol. The minimum Gasteiger partial charge on any atom is -0.380 e. The number of carbonyl (C=O) groups excluding carboxylic acids is 1. The van der Waals surface area contributed by atoms with Crippen molar-refractivity contribution in [1.29, 1.82) is 0 Å². The Bertz CT molecular complexity index is 1310. The van der Waals surface area contributed by atoms with Gasteiger partial charge in [-0.2, -0.15) is 26.3 Å². The van der Waals surface area contributed by atoms with Crippen LogP contribution in [0.4, 0.5) is 30.7 Å². The van der Waals surface area contributed by atoms with E-state index in [-0.39, 0.29) is 36.6 Å². The summed E-state index contributed by atoms with van der Waals surface area (Å²) in [7, 11) is 0. The second kappa shape index (κ2) is 10.8. The van der Waals surface area contributed by atoms with E-state index in [2.05, 4.69) is 6.58 Å². The molecular formula is C33H38F7NO2. The Morgan fingerprint density at radius 3 is 2.19 bits per heavy atom. The zero-order chi connectivity index (χ0) is 31.6. The maximum absolute atomic E-state index is 15.1. The van der Waals surface area contributed by atoms with Crippen LogP contribution in [0.3, 0.4) is 0 Å². The summed E-state index contributed by atoms with van der Waals surface area (Å²) in [6, 6.07) is 7.45. The fraction of sp³-hybridized carbons (Fsp3) is 0.606. The predicted octanol–water partition coefficient (Wildman–Crippen LogP) is 8.29. The van der Waals surface area contributed by atoms with Crippen LogP contribution in [0.5, 0.6) is 0 Å². The fourth-order valence-corrected chi connectivity index (χ4v) is 8.16. The molecule has 1 aromatic carbocycles. The second-order valence-corrected chi connectivity index (χ2v) is 13.2. The first-order valence-electron chi connectivity index (χ1n) is 14.9. The van der Waals surface area contributed by atoms with Gasteiger partial charge >= 0.3 is 18.0 Å². The first kappa shape index (κ1) is 31.8. The van der Waals surface area contributed by atoms with Crippen molar-refractivity contribution < 1.29 is 40.6 Å². The molecule has 0 radical (unpaired) electrons. The molecular weight excluding hydrogens is 575 g/mol. The van der Waals surface area contributed by atoms with Crippen LogP contribution in [0, 0.1) is 17.3 Å². The number of hydrogen-bond acceptors (Lipinski definition) is 2. The molecule has 3 nitrogen and oxygen atoms in total. The molecule has 0 aromatic heterocycles. The van der Waals surface area contributed by atoms with E-state index in [1.165, 1.54) is 0 Å². The molecule has 0 bridgehead atoms. The van der Waals surface area contributed by atoms with Gasteiger partial charge in [-0.1, -0.05) is 80.3 Å². The second-order valence-electron chi connectivity index (χ2n) is 13.2. The highest BCUT2D eigenvalue weighted by atomic mass is 19.4. The molecule has 1 saturated heterocycles. The van der Waals surface area contributed by atoms with E-state index < -0.39 is 34.6 Å². The summed E-state index contributed by atoms with van der Waals surface area (Å²) in [4.78, 5) is 15.6. The molecule has 4 aliphatic rings. The Balaban J connectivity index is 1.52. The number of halogens is 7. The van der Waals surface area contributed by atoms with Crippen LogP contribution in [0.15, 0.2) is 54.1 Å². The highest BCUT2D eigenvalue weighted by Gasteiger charge is 2.74. The molecule has 3 fully saturated rings. The largest absolute Gasteiger partial charge is 0.435 e. The summed E-state index contributed by atoms with van der Waals surface area (Å²) in [6.45, 7) is 7.97. The van der Waals surface area contributed by atoms with Gasteiger partial charge in [0.2, 0.25) is 0 Å². The van der Waals surface area contributed by atoms with Gasteiger partial charge in [-0.15, -0.1) is 0 Å². The average Bonchev–Trinajstić information content (AvgIpc) is 3.30. The van der Waals surface area contributed by atoms with Gasteiger partial charge in [0, 0.05) is 18.2 Å². The lowest BCUT2D eigenvalue weighted by molar-refractivity contribution is -0.325. The minimum atomic E-state index is -6.18. The number of likely N-dealkylation sites (tertiary alicyclic amines) is 1. The summed E-state index contributed by atoms with van der Waals surface area (Å²) in [5.41, 5.74) is -6.09. The van der Waals surface area contributed by atoms with E-state index in [1.807, 2.05) is 38.1 Å². The van der Waals surface area contributed by atoms with Crippen LogP contribution in [-0.2, 0) is 11.2 Å². The molecule has 5 rings (SSSR count). The van der Waals surface area contributed by atoms with Gasteiger partial charge in [-0.05, 0) is 73.8 Å². The molecule has 2 saturated carbocycles. The minimum absolute atomic E-state index is 0.128. The maximum atomic E-state index is 15.1. The smallest absolute Gasteiger partial charge is 0.380 e. The predicted molar refractivity (Wildman–Crippen MR) is 149 cm³/mol. The molecule has 43 heavy (non-hydrogen) atoms. The van der Waals surface area contributed by atoms with Crippen molar-refractivity contribution in [2.24, 2.45) is 17.3 Å². The highest BCUT2D eigenvalue weighted by Crippen LogP contribution is 2.60. The van der Waals surface area contributed by atoms with Crippen LogP contribution in [-0.4, -0.2) is 52.1 Å². The number of amides is 1. The number of nitrogens with zero attached hydrogens (tertiary/aromatic N) is 1. The SMILES string of the molecule is C=C(C)c1ccc(CC2CN(C(=O)C3(O)CCCCC3)[C@@H]3CCC4=CC(C(F)(C(F)(F)F)C(F)(F)F)=CCC4(C)[C@H]23)cc1. The topological polar surface area (TPSA) is 40.5 Å². The highest BCUT2D eigenvalue weighted by molar-refractivity contribution is 5.86. The van der Waals surface area contributed by atoms with Crippen molar-refractivity contribution in [2.75, 3.05) is 6.54 Å². The number of allylic oxidation sites excluding steroid dienone is 5. The van der Waals surface area contributed by atoms with Gasteiger partial charge in [0.25, 0.3) is 5.91 Å². The fourth-order valence-electron chi connectivity index (χ4n) is 8.16. The van der Waals surface area contributed by atoms with Crippen LogP contribution >= 0.6 is 0 Å². The van der Waals surface area contributed by atoms with Gasteiger partial charge in [0.05, 0.1) is 0 Å². The molecule has 1 N–H and O–H groups in total. The summed E-state index contributed by atoms with van der Waals surface area (Å²) in [5, 5.41) is 11.3. The van der Waals surface area contributed by atoms with Crippen molar-refractivity contribution >= 4 is 11.5 Å². The third-order valence-electron chi connectivity index (χ3n) is 10.5. The van der Waals surface area contributed by atoms with Crippen molar-refractivity contribution in [2.45, 2.75) is 101 Å². The number of fused-ring (bicyclic) bond motifs is 3. The molecule has 10 heteroatoms. The summed E-state index contributed by atoms with van der Waals surface area (Å²) in [6.07, 6.45) is -6.99. The Hall–Kier alpha value is -2.62. The molecule has 1 heterocycles. The number of rotatable bonds is 5. The Morgan fingerprint density at radius 2 is 1.63 bits per heavy atom. The van der Waals surface area contributed by atoms with Crippen LogP contribution < -0.4 is 0 Å². The molecule has 3 aliphatic carbocycles. The number of aliphatic hydroxyl groups is 1. The lowest BCUT2D eigenvalue weighted by Gasteiger charge is -2.50. The van der Waals surface area contributed by atoms with Crippen molar-refractivity contribution in [1.82, 2.24) is 4.90 Å². The molecule has 0 spiro atoms. The van der Waals surface area contributed by atoms with Gasteiger partial charge < -0.3 is 10.0 Å². The van der Waals surface area contributed by atoms with Gasteiger partial charge in [-0.25, -0.2) is 4.39 Å². The molecule has 1 amide bonds. The van der Waals surface area contributed by atoms with Crippen molar-refractivity contribution in [3.8, 4) is 0 Å². The molecule has 4 atom stereocenters. The monoisotopic (exact) mass is 613 g/mol. The van der Waals surface area contributed by atoms with Gasteiger partial charge in [0.15, 0.2) is 0 Å². The quantitative estimate of drug-likeness (QED) is 0.340. The first-order chi connectivity index (χ1) is 19.9. The number of hydrogen-bond donors (Lipinski definition) is 1. The molecule has 236 valence electrons. The van der Waals surface area contributed by atoms with E-state index in [0.717, 1.165) is 48.1 Å². The third kappa shape index (κ3) is 5.25. The molecule has 2 unspecified atom stereocenters. The first-order valence-corrected chi connectivity index (χ1v) is 14.9. The Morgan fingerprint density at radius 1 is 1.02 bits per heavy atom. The summed E-state index contributed by atoms with van der Waals surface area (Å²) < 4.78 is 96.8. The van der Waals surface area contributed by atoms with E-state index in [0.29, 0.717) is 37.8 Å². The number of alkyl halides is 7. The van der Waals surface area contributed by atoms with E-state index in [1.54, 1.807) is 4.90 Å². The molecule has 1 aromatic rings. The van der Waals surface area contributed by atoms with Crippen molar-refractivity contribution in [3.05, 3.63) is 65.3 Å². The number of benzene rings is 1. The Labute approximate surface area is 247 Å². The van der Waals surface area contributed by atoms with Crippen molar-refractivity contribution in [3.63, 3.8) is 0 Å². The van der Waals surface area contributed by atoms with E-state index in [9.17, 15) is 36.2 Å². The number of carbonyl (C=O) groups is 1. The van der Waals surface area contributed by atoms with E-state index in [4.69, 9.17) is 0 Å². The normalized spacial score (nSPS) is 29.3. The van der Waals surface area contributed by atoms with Gasteiger partial charge in [-0.3, -0.25) is 4.79 Å². The summed E-state index contributed by atoms with van der Waals surface area (Å²) >= 11 is 0. The van der Waals surface area contributed by atoms with Crippen LogP contribution in [0.1, 0.15) is 76.3 Å². The standard InChI is InChI=1S/C33H38F7NO2/c1-20(2)22-9-7-21(8-10-22)17-23-19-41(28(42)30(43)14-5-4-6-15-30)26-12-11-24-18-25(13-16-29(24,3)27(23)26)31(34,32(35,36)37)33(38,39)40/h7-10,13,18,23,26-27,43H,1,4-6,11-12,14-17,19H2,2-3H3/t23?,26-,27-,29?/m1/s1. The lowest BCUT2D eigenvalue weighted by Crippen LogP contribution is -2.56. The van der Waals surface area contributed by atoms with Crippen LogP contribution in [0.2, 0.25) is 0 Å². The Kier molecular flexibility index (Phi) is 7.97. The maximum Gasteiger partial charge on any atom is 0.435 e. The zero-order valence-electron chi connectivity index (χ0n) is 24.4. The van der Waals surface area contributed by atoms with E-state index >= 15 is 4.39 Å². The van der Waals surface area contributed by atoms with Crippen LogP contribution in [0.25, 0.3) is 5.57 Å². The molecule has 1 aliphatic heterocycles. The van der Waals surface area contributed by atoms with Gasteiger partial charge in [0.1, 0.15) is 5.60 Å².